The standard InChI is InChI=1S/C14H8F5NO2/c15-10-3-1-2-7(12(10)16)13-8(6-11(21)22)9(4-5-20-13)14(17,18)19/h1-5H,6H2,(H,21,22). The first kappa shape index (κ1) is 15.9. The van der Waals surface area contributed by atoms with Crippen molar-refractivity contribution in [3.8, 4) is 11.3 Å². The van der Waals surface area contributed by atoms with Crippen LogP contribution >= 0.6 is 0 Å². The fourth-order valence-electron chi connectivity index (χ4n) is 2.01. The van der Waals surface area contributed by atoms with Gasteiger partial charge in [0.05, 0.1) is 17.7 Å². The molecule has 0 radical (unpaired) electrons. The van der Waals surface area contributed by atoms with Crippen LogP contribution in [-0.2, 0) is 17.4 Å². The number of halogens is 5. The molecule has 0 amide bonds. The zero-order valence-electron chi connectivity index (χ0n) is 10.8. The number of hydrogen-bond acceptors (Lipinski definition) is 2. The van der Waals surface area contributed by atoms with E-state index in [0.717, 1.165) is 24.4 Å². The molecule has 0 saturated carbocycles. The molecule has 2 aromatic rings. The van der Waals surface area contributed by atoms with Crippen LogP contribution in [0.1, 0.15) is 11.1 Å². The Labute approximate surface area is 121 Å². The maximum atomic E-state index is 13.8. The Hall–Kier alpha value is -2.51. The number of carbonyl (C=O) groups is 1. The second-order valence-electron chi connectivity index (χ2n) is 4.36. The summed E-state index contributed by atoms with van der Waals surface area (Å²) in [6, 6.07) is 3.52. The molecule has 1 N–H and O–H groups in total. The second kappa shape index (κ2) is 5.70. The van der Waals surface area contributed by atoms with Crippen LogP contribution < -0.4 is 0 Å². The first-order valence-corrected chi connectivity index (χ1v) is 5.93. The molecule has 0 unspecified atom stereocenters. The van der Waals surface area contributed by atoms with E-state index in [0.29, 0.717) is 6.07 Å². The van der Waals surface area contributed by atoms with Crippen LogP contribution in [0, 0.1) is 11.6 Å². The molecule has 2 rings (SSSR count). The van der Waals surface area contributed by atoms with Gasteiger partial charge in [-0.2, -0.15) is 13.2 Å². The summed E-state index contributed by atoms with van der Waals surface area (Å²) < 4.78 is 66.0. The summed E-state index contributed by atoms with van der Waals surface area (Å²) in [5, 5.41) is 8.79. The van der Waals surface area contributed by atoms with E-state index in [4.69, 9.17) is 5.11 Å². The third-order valence-corrected chi connectivity index (χ3v) is 2.90. The molecule has 0 saturated heterocycles. The molecular weight excluding hydrogens is 309 g/mol. The molecule has 8 heteroatoms. The fraction of sp³-hybridized carbons (Fsp3) is 0.143. The molecular formula is C14H8F5NO2. The van der Waals surface area contributed by atoms with Crippen LogP contribution in [0.2, 0.25) is 0 Å². The fourth-order valence-corrected chi connectivity index (χ4v) is 2.01. The molecule has 116 valence electrons. The van der Waals surface area contributed by atoms with Gasteiger partial charge in [0.25, 0.3) is 0 Å². The minimum atomic E-state index is -4.84. The van der Waals surface area contributed by atoms with Gasteiger partial charge >= 0.3 is 12.1 Å². The molecule has 1 heterocycles. The van der Waals surface area contributed by atoms with Gasteiger partial charge in [0.2, 0.25) is 0 Å². The van der Waals surface area contributed by atoms with Crippen molar-refractivity contribution in [1.82, 2.24) is 4.98 Å². The van der Waals surface area contributed by atoms with Gasteiger partial charge in [-0.05, 0) is 18.2 Å². The Balaban J connectivity index is 2.75. The molecule has 0 atom stereocenters. The van der Waals surface area contributed by atoms with Crippen LogP contribution in [-0.4, -0.2) is 16.1 Å². The summed E-state index contributed by atoms with van der Waals surface area (Å²) in [6.45, 7) is 0. The van der Waals surface area contributed by atoms with E-state index in [1.807, 2.05) is 0 Å². The topological polar surface area (TPSA) is 50.2 Å². The highest BCUT2D eigenvalue weighted by Gasteiger charge is 2.35. The van der Waals surface area contributed by atoms with Crippen LogP contribution in [0.15, 0.2) is 30.5 Å². The lowest BCUT2D eigenvalue weighted by Crippen LogP contribution is -2.14. The van der Waals surface area contributed by atoms with E-state index >= 15 is 0 Å². The Morgan fingerprint density at radius 2 is 1.86 bits per heavy atom. The maximum Gasteiger partial charge on any atom is 0.416 e. The monoisotopic (exact) mass is 317 g/mol. The molecule has 0 aliphatic carbocycles. The van der Waals surface area contributed by atoms with Crippen molar-refractivity contribution in [1.29, 1.82) is 0 Å². The van der Waals surface area contributed by atoms with Crippen molar-refractivity contribution < 1.29 is 31.9 Å². The average Bonchev–Trinajstić information content (AvgIpc) is 2.40. The van der Waals surface area contributed by atoms with E-state index in [1.54, 1.807) is 0 Å². The number of hydrogen-bond donors (Lipinski definition) is 1. The highest BCUT2D eigenvalue weighted by Crippen LogP contribution is 2.36. The lowest BCUT2D eigenvalue weighted by atomic mass is 9.97. The van der Waals surface area contributed by atoms with E-state index in [9.17, 15) is 26.7 Å². The zero-order chi connectivity index (χ0) is 16.5. The molecule has 0 aliphatic rings. The normalized spacial score (nSPS) is 11.5. The van der Waals surface area contributed by atoms with E-state index in [2.05, 4.69) is 4.98 Å². The van der Waals surface area contributed by atoms with Crippen molar-refractivity contribution in [2.24, 2.45) is 0 Å². The summed E-state index contributed by atoms with van der Waals surface area (Å²) in [5.41, 5.74) is -3.04. The Bertz CT molecular complexity index is 728. The number of alkyl halides is 3. The smallest absolute Gasteiger partial charge is 0.416 e. The van der Waals surface area contributed by atoms with Crippen molar-refractivity contribution in [2.75, 3.05) is 0 Å². The highest BCUT2D eigenvalue weighted by atomic mass is 19.4. The average molecular weight is 317 g/mol. The van der Waals surface area contributed by atoms with Gasteiger partial charge in [-0.3, -0.25) is 9.78 Å². The van der Waals surface area contributed by atoms with Gasteiger partial charge < -0.3 is 5.11 Å². The molecule has 1 aromatic heterocycles. The van der Waals surface area contributed by atoms with Crippen molar-refractivity contribution in [2.45, 2.75) is 12.6 Å². The third-order valence-electron chi connectivity index (χ3n) is 2.90. The predicted molar refractivity (Wildman–Crippen MR) is 65.9 cm³/mol. The second-order valence-corrected chi connectivity index (χ2v) is 4.36. The van der Waals surface area contributed by atoms with Crippen LogP contribution in [0.4, 0.5) is 22.0 Å². The molecule has 1 aromatic carbocycles. The van der Waals surface area contributed by atoms with Crippen molar-refractivity contribution in [3.63, 3.8) is 0 Å². The summed E-state index contributed by atoms with van der Waals surface area (Å²) in [7, 11) is 0. The Kier molecular flexibility index (Phi) is 4.11. The quantitative estimate of drug-likeness (QED) is 0.879. The first-order valence-electron chi connectivity index (χ1n) is 5.93. The Morgan fingerprint density at radius 1 is 1.18 bits per heavy atom. The SMILES string of the molecule is O=C(O)Cc1c(C(F)(F)F)ccnc1-c1cccc(F)c1F. The third kappa shape index (κ3) is 3.05. The summed E-state index contributed by atoms with van der Waals surface area (Å²) in [4.78, 5) is 14.4. The van der Waals surface area contributed by atoms with Gasteiger partial charge in [-0.1, -0.05) is 6.07 Å². The largest absolute Gasteiger partial charge is 0.481 e. The number of aromatic nitrogens is 1. The first-order chi connectivity index (χ1) is 10.2. The van der Waals surface area contributed by atoms with Gasteiger partial charge in [0.15, 0.2) is 11.6 Å². The van der Waals surface area contributed by atoms with Crippen LogP contribution in [0.3, 0.4) is 0 Å². The summed E-state index contributed by atoms with van der Waals surface area (Å²) >= 11 is 0. The number of benzene rings is 1. The molecule has 0 bridgehead atoms. The van der Waals surface area contributed by atoms with E-state index in [1.165, 1.54) is 0 Å². The number of pyridine rings is 1. The summed E-state index contributed by atoms with van der Waals surface area (Å²) in [6.07, 6.45) is -5.09. The maximum absolute atomic E-state index is 13.8. The molecule has 0 fully saturated rings. The lowest BCUT2D eigenvalue weighted by molar-refractivity contribution is -0.139. The lowest BCUT2D eigenvalue weighted by Gasteiger charge is -2.15. The molecule has 0 spiro atoms. The molecule has 22 heavy (non-hydrogen) atoms. The zero-order valence-corrected chi connectivity index (χ0v) is 10.8. The minimum absolute atomic E-state index is 0.526. The number of nitrogens with zero attached hydrogens (tertiary/aromatic N) is 1. The number of carboxylic acid groups (broad SMARTS) is 1. The number of carboxylic acids is 1. The van der Waals surface area contributed by atoms with Gasteiger partial charge in [0.1, 0.15) is 0 Å². The van der Waals surface area contributed by atoms with E-state index in [-0.39, 0.29) is 0 Å². The predicted octanol–water partition coefficient (Wildman–Crippen LogP) is 3.67. The Morgan fingerprint density at radius 3 is 2.45 bits per heavy atom. The molecule has 0 aliphatic heterocycles. The van der Waals surface area contributed by atoms with Crippen LogP contribution in [0.25, 0.3) is 11.3 Å². The van der Waals surface area contributed by atoms with Gasteiger partial charge in [-0.15, -0.1) is 0 Å². The van der Waals surface area contributed by atoms with E-state index < -0.39 is 52.6 Å². The molecule has 3 nitrogen and oxygen atoms in total. The highest BCUT2D eigenvalue weighted by molar-refractivity contribution is 5.76. The number of aliphatic carboxylic acids is 1. The van der Waals surface area contributed by atoms with Crippen molar-refractivity contribution in [3.05, 3.63) is 53.2 Å². The van der Waals surface area contributed by atoms with Crippen molar-refractivity contribution >= 4 is 5.97 Å². The van der Waals surface area contributed by atoms with Gasteiger partial charge in [0, 0.05) is 17.3 Å². The van der Waals surface area contributed by atoms with Crippen LogP contribution in [0.5, 0.6) is 0 Å². The summed E-state index contributed by atoms with van der Waals surface area (Å²) in [5.74, 6) is -4.20. The van der Waals surface area contributed by atoms with Gasteiger partial charge in [-0.25, -0.2) is 8.78 Å². The number of rotatable bonds is 3. The minimum Gasteiger partial charge on any atom is -0.481 e.